The molecule has 23 heavy (non-hydrogen) atoms. The van der Waals surface area contributed by atoms with Crippen molar-refractivity contribution in [2.45, 2.75) is 31.3 Å². The number of nitrogens with one attached hydrogen (secondary N) is 1. The second-order valence-corrected chi connectivity index (χ2v) is 6.26. The maximum Gasteiger partial charge on any atom is 0.223 e. The number of anilines is 1. The molecule has 1 aliphatic carbocycles. The number of rotatable bonds is 3. The van der Waals surface area contributed by atoms with Crippen LogP contribution in [0.2, 0.25) is 0 Å². The highest BCUT2D eigenvalue weighted by Crippen LogP contribution is 2.24. The van der Waals surface area contributed by atoms with Crippen LogP contribution in [-0.4, -0.2) is 31.8 Å². The van der Waals surface area contributed by atoms with E-state index in [9.17, 15) is 0 Å². The molecule has 6 heteroatoms. The van der Waals surface area contributed by atoms with Gasteiger partial charge in [-0.05, 0) is 37.5 Å². The van der Waals surface area contributed by atoms with Gasteiger partial charge in [0.25, 0.3) is 0 Å². The van der Waals surface area contributed by atoms with Gasteiger partial charge in [0.1, 0.15) is 0 Å². The van der Waals surface area contributed by atoms with E-state index >= 15 is 0 Å². The summed E-state index contributed by atoms with van der Waals surface area (Å²) in [5.41, 5.74) is 8.94. The van der Waals surface area contributed by atoms with Gasteiger partial charge in [-0.15, -0.1) is 0 Å². The highest BCUT2D eigenvalue weighted by molar-refractivity contribution is 5.83. The number of fused-ring (bicyclic) bond motifs is 1. The predicted octanol–water partition coefficient (Wildman–Crippen LogP) is 2.32. The molecule has 118 valence electrons. The lowest BCUT2D eigenvalue weighted by molar-refractivity contribution is 0.685. The minimum atomic E-state index is 0.295. The third-order valence-electron chi connectivity index (χ3n) is 4.38. The minimum absolute atomic E-state index is 0.295. The monoisotopic (exact) mass is 308 g/mol. The summed E-state index contributed by atoms with van der Waals surface area (Å²) in [6.45, 7) is 0. The van der Waals surface area contributed by atoms with Crippen LogP contribution in [0.1, 0.15) is 19.3 Å². The largest absolute Gasteiger partial charge is 0.351 e. The van der Waals surface area contributed by atoms with Gasteiger partial charge in [0.2, 0.25) is 5.95 Å². The van der Waals surface area contributed by atoms with Crippen molar-refractivity contribution in [3.8, 4) is 11.3 Å². The molecule has 2 unspecified atom stereocenters. The highest BCUT2D eigenvalue weighted by atomic mass is 15.2. The van der Waals surface area contributed by atoms with Crippen molar-refractivity contribution in [2.75, 3.05) is 5.32 Å². The topological polar surface area (TPSA) is 81.7 Å². The molecule has 3 N–H and O–H groups in total. The first kappa shape index (κ1) is 14.1. The maximum atomic E-state index is 5.97. The Labute approximate surface area is 134 Å². The van der Waals surface area contributed by atoms with E-state index in [0.717, 1.165) is 41.4 Å². The highest BCUT2D eigenvalue weighted by Gasteiger charge is 2.22. The molecule has 6 nitrogen and oxygen atoms in total. The van der Waals surface area contributed by atoms with Crippen molar-refractivity contribution in [1.82, 2.24) is 19.7 Å². The summed E-state index contributed by atoms with van der Waals surface area (Å²) in [4.78, 5) is 9.00. The van der Waals surface area contributed by atoms with Gasteiger partial charge in [0.05, 0.1) is 11.2 Å². The maximum absolute atomic E-state index is 5.97. The van der Waals surface area contributed by atoms with Crippen LogP contribution in [0, 0.1) is 0 Å². The molecule has 0 saturated heterocycles. The second-order valence-electron chi connectivity index (χ2n) is 6.26. The summed E-state index contributed by atoms with van der Waals surface area (Å²) in [6.07, 6.45) is 6.94. The third-order valence-corrected chi connectivity index (χ3v) is 4.38. The van der Waals surface area contributed by atoms with E-state index in [1.807, 2.05) is 36.1 Å². The number of nitrogens with zero attached hydrogens (tertiary/aromatic N) is 4. The molecule has 0 bridgehead atoms. The molecular weight excluding hydrogens is 288 g/mol. The summed E-state index contributed by atoms with van der Waals surface area (Å²) < 4.78 is 1.82. The van der Waals surface area contributed by atoms with Crippen LogP contribution < -0.4 is 11.1 Å². The molecule has 1 aromatic carbocycles. The smallest absolute Gasteiger partial charge is 0.223 e. The number of hydrogen-bond donors (Lipinski definition) is 2. The van der Waals surface area contributed by atoms with E-state index in [1.165, 1.54) is 0 Å². The molecule has 4 rings (SSSR count). The zero-order chi connectivity index (χ0) is 15.8. The Morgan fingerprint density at radius 2 is 2.17 bits per heavy atom. The average Bonchev–Trinajstić information content (AvgIpc) is 3.11. The Balaban J connectivity index is 1.61. The fourth-order valence-electron chi connectivity index (χ4n) is 3.23. The van der Waals surface area contributed by atoms with E-state index < -0.39 is 0 Å². The van der Waals surface area contributed by atoms with Crippen molar-refractivity contribution in [3.05, 3.63) is 36.7 Å². The van der Waals surface area contributed by atoms with E-state index in [2.05, 4.69) is 26.4 Å². The Morgan fingerprint density at radius 3 is 3.00 bits per heavy atom. The summed E-state index contributed by atoms with van der Waals surface area (Å²) in [5.74, 6) is 0.674. The van der Waals surface area contributed by atoms with Gasteiger partial charge in [-0.25, -0.2) is 9.97 Å². The van der Waals surface area contributed by atoms with Crippen LogP contribution in [0.15, 0.2) is 36.7 Å². The fourth-order valence-corrected chi connectivity index (χ4v) is 3.23. The van der Waals surface area contributed by atoms with Crippen molar-refractivity contribution in [3.63, 3.8) is 0 Å². The van der Waals surface area contributed by atoms with Gasteiger partial charge in [-0.2, -0.15) is 5.10 Å². The molecule has 3 aromatic rings. The first-order valence-corrected chi connectivity index (χ1v) is 7.96. The first-order chi connectivity index (χ1) is 11.2. The fraction of sp³-hybridized carbons (Fsp3) is 0.353. The van der Waals surface area contributed by atoms with Crippen LogP contribution in [0.3, 0.4) is 0 Å². The number of aryl methyl sites for hydroxylation is 1. The van der Waals surface area contributed by atoms with E-state index in [4.69, 9.17) is 5.73 Å². The first-order valence-electron chi connectivity index (χ1n) is 7.96. The van der Waals surface area contributed by atoms with E-state index in [1.54, 1.807) is 6.20 Å². The number of nitrogens with two attached hydrogens (primary N) is 1. The lowest BCUT2D eigenvalue weighted by Gasteiger charge is -2.12. The molecule has 2 aromatic heterocycles. The summed E-state index contributed by atoms with van der Waals surface area (Å²) in [5, 5.41) is 8.92. The van der Waals surface area contributed by atoms with Gasteiger partial charge in [0, 0.05) is 42.5 Å². The molecule has 0 spiro atoms. The Hall–Kier alpha value is -2.47. The minimum Gasteiger partial charge on any atom is -0.351 e. The molecule has 0 amide bonds. The Kier molecular flexibility index (Phi) is 3.46. The number of benzene rings is 1. The molecule has 2 heterocycles. The SMILES string of the molecule is Cn1cc2cc(-c3ccnc(NC4CCC(N)C4)n3)ccc2n1. The zero-order valence-electron chi connectivity index (χ0n) is 13.1. The molecule has 1 fully saturated rings. The van der Waals surface area contributed by atoms with Gasteiger partial charge in [-0.1, -0.05) is 6.07 Å². The second kappa shape index (κ2) is 5.62. The van der Waals surface area contributed by atoms with Crippen molar-refractivity contribution >= 4 is 16.9 Å². The van der Waals surface area contributed by atoms with Crippen molar-refractivity contribution in [2.24, 2.45) is 12.8 Å². The van der Waals surface area contributed by atoms with E-state index in [0.29, 0.717) is 18.0 Å². The van der Waals surface area contributed by atoms with Gasteiger partial charge < -0.3 is 11.1 Å². The molecule has 0 radical (unpaired) electrons. The molecule has 1 saturated carbocycles. The molecule has 0 aliphatic heterocycles. The molecular formula is C17H20N6. The Morgan fingerprint density at radius 1 is 1.26 bits per heavy atom. The van der Waals surface area contributed by atoms with Gasteiger partial charge in [-0.3, -0.25) is 4.68 Å². The van der Waals surface area contributed by atoms with Crippen LogP contribution in [0.5, 0.6) is 0 Å². The Bertz CT molecular complexity index is 840. The summed E-state index contributed by atoms with van der Waals surface area (Å²) >= 11 is 0. The third kappa shape index (κ3) is 2.90. The predicted molar refractivity (Wildman–Crippen MR) is 91.0 cm³/mol. The number of hydrogen-bond acceptors (Lipinski definition) is 5. The average molecular weight is 308 g/mol. The lowest BCUT2D eigenvalue weighted by Crippen LogP contribution is -2.21. The molecule has 2 atom stereocenters. The van der Waals surface area contributed by atoms with E-state index in [-0.39, 0.29) is 0 Å². The van der Waals surface area contributed by atoms with Crippen LogP contribution in [0.25, 0.3) is 22.2 Å². The molecule has 1 aliphatic rings. The van der Waals surface area contributed by atoms with Crippen LogP contribution in [-0.2, 0) is 7.05 Å². The van der Waals surface area contributed by atoms with Crippen LogP contribution in [0.4, 0.5) is 5.95 Å². The van der Waals surface area contributed by atoms with Gasteiger partial charge >= 0.3 is 0 Å². The quantitative estimate of drug-likeness (QED) is 0.776. The summed E-state index contributed by atoms with van der Waals surface area (Å²) in [6, 6.07) is 8.79. The summed E-state index contributed by atoms with van der Waals surface area (Å²) in [7, 11) is 1.93. The normalized spacial score (nSPS) is 21.0. The van der Waals surface area contributed by atoms with Crippen molar-refractivity contribution in [1.29, 1.82) is 0 Å². The lowest BCUT2D eigenvalue weighted by atomic mass is 10.1. The van der Waals surface area contributed by atoms with Crippen molar-refractivity contribution < 1.29 is 0 Å². The standard InChI is InChI=1S/C17H20N6/c1-23-10-12-8-11(2-5-16(12)22-23)15-6-7-19-17(21-15)20-14-4-3-13(18)9-14/h2,5-8,10,13-14H,3-4,9,18H2,1H3,(H,19,20,21). The van der Waals surface area contributed by atoms with Crippen LogP contribution >= 0.6 is 0 Å². The number of aromatic nitrogens is 4. The van der Waals surface area contributed by atoms with Gasteiger partial charge in [0.15, 0.2) is 0 Å². The zero-order valence-corrected chi connectivity index (χ0v) is 13.1.